The number of fused-ring (bicyclic) bond motifs is 8. The Morgan fingerprint density at radius 3 is 2.05 bits per heavy atom. The van der Waals surface area contributed by atoms with Gasteiger partial charge in [-0.2, -0.15) is 26.3 Å². The third-order valence-electron chi connectivity index (χ3n) is 11.1. The molecule has 0 fully saturated rings. The van der Waals surface area contributed by atoms with Crippen molar-refractivity contribution in [3.8, 4) is 0 Å². The summed E-state index contributed by atoms with van der Waals surface area (Å²) in [4.78, 5) is 58.2. The van der Waals surface area contributed by atoms with Crippen molar-refractivity contribution < 1.29 is 40.7 Å². The van der Waals surface area contributed by atoms with Gasteiger partial charge < -0.3 is 14.8 Å². The van der Waals surface area contributed by atoms with Crippen molar-refractivity contribution >= 4 is 57.4 Å². The summed E-state index contributed by atoms with van der Waals surface area (Å²) in [6.45, 7) is 12.6. The fourth-order valence-corrected chi connectivity index (χ4v) is 8.09. The van der Waals surface area contributed by atoms with Crippen molar-refractivity contribution in [3.63, 3.8) is 0 Å². The van der Waals surface area contributed by atoms with Gasteiger partial charge in [0, 0.05) is 46.1 Å². The topological polar surface area (TPSA) is 112 Å². The number of aldehydes is 1. The maximum atomic E-state index is 14.8. The Bertz CT molecular complexity index is 2540. The second-order valence-corrected chi connectivity index (χ2v) is 14.4. The maximum absolute atomic E-state index is 14.8. The molecule has 8 nitrogen and oxygen atoms in total. The molecular weight excluding hydrogens is 736 g/mol. The Balaban J connectivity index is 1.58. The molecule has 0 unspecified atom stereocenters. The second kappa shape index (κ2) is 13.7. The van der Waals surface area contributed by atoms with Crippen LogP contribution in [0.15, 0.2) is 43.0 Å². The molecule has 8 bridgehead atoms. The molecule has 290 valence electrons. The van der Waals surface area contributed by atoms with Crippen LogP contribution >= 0.6 is 0 Å². The zero-order chi connectivity index (χ0) is 40.6. The molecule has 4 aromatic rings. The molecule has 0 spiro atoms. The predicted octanol–water partition coefficient (Wildman–Crippen LogP) is 10.6. The molecule has 0 saturated heterocycles. The number of hydrogen-bond donors (Lipinski definition) is 2. The van der Waals surface area contributed by atoms with E-state index in [2.05, 4.69) is 16.5 Å². The summed E-state index contributed by atoms with van der Waals surface area (Å²) >= 11 is 0. The highest BCUT2D eigenvalue weighted by atomic mass is 19.4. The second-order valence-electron chi connectivity index (χ2n) is 14.4. The number of rotatable bonds is 7. The van der Waals surface area contributed by atoms with E-state index < -0.39 is 53.3 Å². The number of aryl methyl sites for hydroxylation is 2. The van der Waals surface area contributed by atoms with Crippen molar-refractivity contribution in [2.75, 3.05) is 0 Å². The van der Waals surface area contributed by atoms with Gasteiger partial charge >= 0.3 is 12.4 Å². The fraction of sp³-hybridized carbons (Fsp3) is 0.310. The SMILES string of the molecule is C=Cc1c(C)c2cc3nc(c4c5[nH]c(cc6nc(cc1[nH]2)C(C)=C6CC)c(C)c5C(=O)N(Cc1cc(C(F)(F)F)cc(C(F)(F)F)c1)C4=O)[C@@H](CCC=O)[C@@H]3C. The van der Waals surface area contributed by atoms with Crippen molar-refractivity contribution in [3.05, 3.63) is 110 Å². The number of hydrogen-bond acceptors (Lipinski definition) is 5. The van der Waals surface area contributed by atoms with Gasteiger partial charge in [-0.1, -0.05) is 26.5 Å². The van der Waals surface area contributed by atoms with Crippen LogP contribution in [0.4, 0.5) is 26.3 Å². The Hall–Kier alpha value is -5.79. The van der Waals surface area contributed by atoms with E-state index in [0.717, 1.165) is 34.1 Å². The third kappa shape index (κ3) is 6.34. The summed E-state index contributed by atoms with van der Waals surface area (Å²) < 4.78 is 83.3. The Morgan fingerprint density at radius 1 is 0.821 bits per heavy atom. The van der Waals surface area contributed by atoms with Crippen LogP contribution in [0.25, 0.3) is 39.3 Å². The Morgan fingerprint density at radius 2 is 1.45 bits per heavy atom. The molecule has 0 saturated carbocycles. The molecule has 7 rings (SSSR count). The monoisotopic (exact) mass is 773 g/mol. The van der Waals surface area contributed by atoms with Gasteiger partial charge in [-0.25, -0.2) is 4.98 Å². The first-order valence-electron chi connectivity index (χ1n) is 18.1. The minimum atomic E-state index is -5.14. The lowest BCUT2D eigenvalue weighted by molar-refractivity contribution is -0.143. The van der Waals surface area contributed by atoms with Gasteiger partial charge in [0.05, 0.1) is 51.4 Å². The van der Waals surface area contributed by atoms with Gasteiger partial charge in [0.2, 0.25) is 0 Å². The number of aromatic amines is 2. The largest absolute Gasteiger partial charge is 0.416 e. The zero-order valence-corrected chi connectivity index (χ0v) is 31.1. The Labute approximate surface area is 317 Å². The summed E-state index contributed by atoms with van der Waals surface area (Å²) in [6.07, 6.45) is -6.81. The first kappa shape index (κ1) is 38.5. The smallest absolute Gasteiger partial charge is 0.355 e. The maximum Gasteiger partial charge on any atom is 0.416 e. The number of halogens is 6. The van der Waals surface area contributed by atoms with E-state index in [0.29, 0.717) is 57.1 Å². The van der Waals surface area contributed by atoms with Crippen molar-refractivity contribution in [1.29, 1.82) is 0 Å². The van der Waals surface area contributed by atoms with Gasteiger partial charge in [-0.05, 0) is 97.8 Å². The van der Waals surface area contributed by atoms with Crippen molar-refractivity contribution in [2.45, 2.75) is 84.6 Å². The zero-order valence-electron chi connectivity index (χ0n) is 31.1. The van der Waals surface area contributed by atoms with Gasteiger partial charge in [0.25, 0.3) is 11.8 Å². The fourth-order valence-electron chi connectivity index (χ4n) is 8.09. The highest BCUT2D eigenvalue weighted by molar-refractivity contribution is 6.23. The van der Waals surface area contributed by atoms with Gasteiger partial charge in [0.15, 0.2) is 0 Å². The molecule has 0 aliphatic carbocycles. The summed E-state index contributed by atoms with van der Waals surface area (Å²) in [5.41, 5.74) is 4.39. The van der Waals surface area contributed by atoms with E-state index in [1.165, 1.54) is 0 Å². The molecule has 2 atom stereocenters. The highest BCUT2D eigenvalue weighted by Gasteiger charge is 2.42. The lowest BCUT2D eigenvalue weighted by atomic mass is 9.84. The number of imide groups is 1. The van der Waals surface area contributed by atoms with Crippen LogP contribution < -0.4 is 0 Å². The quantitative estimate of drug-likeness (QED) is 0.110. The summed E-state index contributed by atoms with van der Waals surface area (Å²) in [5, 5.41) is 0. The van der Waals surface area contributed by atoms with Crippen LogP contribution in [0.1, 0.15) is 129 Å². The van der Waals surface area contributed by atoms with Crippen molar-refractivity contribution in [1.82, 2.24) is 24.8 Å². The average Bonchev–Trinajstić information content (AvgIpc) is 3.81. The first-order valence-corrected chi connectivity index (χ1v) is 18.1. The lowest BCUT2D eigenvalue weighted by Crippen LogP contribution is -2.40. The van der Waals surface area contributed by atoms with E-state index in [9.17, 15) is 40.7 Å². The third-order valence-corrected chi connectivity index (χ3v) is 11.1. The van der Waals surface area contributed by atoms with Crippen LogP contribution in [0, 0.1) is 13.8 Å². The summed E-state index contributed by atoms with van der Waals surface area (Å²) in [5.74, 6) is -2.74. The number of benzene rings is 1. The molecule has 14 heteroatoms. The van der Waals surface area contributed by atoms with E-state index in [4.69, 9.17) is 9.97 Å². The first-order chi connectivity index (χ1) is 26.4. The average molecular weight is 774 g/mol. The lowest BCUT2D eigenvalue weighted by Gasteiger charge is -2.27. The summed E-state index contributed by atoms with van der Waals surface area (Å²) in [6, 6.07) is 6.57. The van der Waals surface area contributed by atoms with Crippen LogP contribution in [-0.4, -0.2) is 42.9 Å². The molecule has 2 N–H and O–H groups in total. The molecule has 3 aliphatic rings. The van der Waals surface area contributed by atoms with Gasteiger partial charge in [-0.3, -0.25) is 19.5 Å². The number of carbonyl (C=O) groups excluding carboxylic acids is 3. The molecule has 3 aromatic heterocycles. The van der Waals surface area contributed by atoms with E-state index in [1.807, 2.05) is 39.8 Å². The highest BCUT2D eigenvalue weighted by Crippen LogP contribution is 2.45. The van der Waals surface area contributed by atoms with Crippen LogP contribution in [-0.2, 0) is 23.7 Å². The van der Waals surface area contributed by atoms with Gasteiger partial charge in [-0.15, -0.1) is 0 Å². The number of H-pyrrole nitrogens is 2. The normalized spacial score (nSPS) is 17.2. The van der Waals surface area contributed by atoms with Crippen LogP contribution in [0.5, 0.6) is 0 Å². The number of nitrogens with one attached hydrogen (secondary N) is 2. The molecule has 3 aliphatic heterocycles. The Kier molecular flexibility index (Phi) is 9.45. The number of carbonyl (C=O) groups is 3. The number of amides is 2. The number of allylic oxidation sites excluding steroid dienone is 2. The molecule has 6 heterocycles. The van der Waals surface area contributed by atoms with E-state index >= 15 is 0 Å². The summed E-state index contributed by atoms with van der Waals surface area (Å²) in [7, 11) is 0. The van der Waals surface area contributed by atoms with Gasteiger partial charge in [0.1, 0.15) is 6.29 Å². The van der Waals surface area contributed by atoms with E-state index in [-0.39, 0.29) is 47.2 Å². The number of nitrogens with zero attached hydrogens (tertiary/aromatic N) is 3. The van der Waals surface area contributed by atoms with Crippen molar-refractivity contribution in [2.24, 2.45) is 0 Å². The molecule has 56 heavy (non-hydrogen) atoms. The predicted molar refractivity (Wildman–Crippen MR) is 200 cm³/mol. The standard InChI is InChI=1S/C42H37F6N5O3/c1-7-26-19(3)29-15-31-21(5)28(10-9-11-54)37(51-31)36-38-35(22(6)32(52-38)17-34-27(8-2)20(4)30(50-34)16-33(26)49-29)39(55)53(40(36)56)18-23-12-24(41(43,44)45)14-25(13-23)42(46,47)48/h7,11-17,21,28,49,52H,1,8-10,18H2,2-6H3/t21-,28-/m0/s1. The minimum absolute atomic E-state index is 0.00541. The number of aromatic nitrogens is 4. The molecule has 1 aromatic carbocycles. The van der Waals surface area contributed by atoms with Crippen LogP contribution in [0.3, 0.4) is 0 Å². The molecule has 0 radical (unpaired) electrons. The molecule has 2 amide bonds. The minimum Gasteiger partial charge on any atom is -0.355 e. The van der Waals surface area contributed by atoms with E-state index in [1.54, 1.807) is 19.1 Å². The molecular formula is C42H37F6N5O3. The van der Waals surface area contributed by atoms with Crippen LogP contribution in [0.2, 0.25) is 0 Å². The number of alkyl halides is 6.